The Hall–Kier alpha value is -4.33. The SMILES string of the molecule is O=C(OCCN1C(=O)[C@H]2C3c4ccccc4C(c4ccccc43)[C@@H]2C1=O)c1ccccc1[N+](=O)[O-]. The van der Waals surface area contributed by atoms with Gasteiger partial charge in [-0.15, -0.1) is 0 Å². The molecular weight excluding hydrogens is 448 g/mol. The van der Waals surface area contributed by atoms with Gasteiger partial charge in [-0.05, 0) is 28.3 Å². The van der Waals surface area contributed by atoms with Crippen LogP contribution in [0.2, 0.25) is 0 Å². The van der Waals surface area contributed by atoms with Gasteiger partial charge in [0, 0.05) is 17.9 Å². The van der Waals surface area contributed by atoms with Crippen LogP contribution in [0.15, 0.2) is 72.8 Å². The molecule has 2 amide bonds. The fourth-order valence-electron chi connectivity index (χ4n) is 6.07. The number of rotatable bonds is 5. The van der Waals surface area contributed by atoms with Gasteiger partial charge in [-0.3, -0.25) is 24.6 Å². The molecule has 1 fully saturated rings. The van der Waals surface area contributed by atoms with Crippen LogP contribution in [0.5, 0.6) is 0 Å². The highest BCUT2D eigenvalue weighted by Gasteiger charge is 2.61. The minimum absolute atomic E-state index is 0.0941. The molecule has 3 aromatic rings. The van der Waals surface area contributed by atoms with Crippen molar-refractivity contribution in [3.63, 3.8) is 0 Å². The first kappa shape index (κ1) is 21.2. The van der Waals surface area contributed by atoms with Crippen LogP contribution in [-0.2, 0) is 14.3 Å². The third kappa shape index (κ3) is 3.02. The Bertz CT molecular complexity index is 1300. The van der Waals surface area contributed by atoms with Crippen LogP contribution in [0.3, 0.4) is 0 Å². The predicted octanol–water partition coefficient (Wildman–Crippen LogP) is 3.64. The van der Waals surface area contributed by atoms with E-state index in [2.05, 4.69) is 0 Å². The predicted molar refractivity (Wildman–Crippen MR) is 124 cm³/mol. The molecule has 3 aliphatic carbocycles. The van der Waals surface area contributed by atoms with Crippen LogP contribution < -0.4 is 0 Å². The van der Waals surface area contributed by atoms with Gasteiger partial charge in [-0.1, -0.05) is 60.7 Å². The highest BCUT2D eigenvalue weighted by molar-refractivity contribution is 6.07. The molecule has 0 spiro atoms. The number of nitro benzene ring substituents is 1. The lowest BCUT2D eigenvalue weighted by Gasteiger charge is -2.45. The summed E-state index contributed by atoms with van der Waals surface area (Å²) in [5.74, 6) is -2.79. The highest BCUT2D eigenvalue weighted by Crippen LogP contribution is 2.60. The molecule has 174 valence electrons. The molecule has 0 unspecified atom stereocenters. The number of hydrogen-bond donors (Lipinski definition) is 0. The number of likely N-dealkylation sites (tertiary alicyclic amines) is 1. The Morgan fingerprint density at radius 3 is 1.74 bits per heavy atom. The zero-order valence-electron chi connectivity index (χ0n) is 18.5. The lowest BCUT2D eigenvalue weighted by atomic mass is 9.55. The van der Waals surface area contributed by atoms with Crippen molar-refractivity contribution >= 4 is 23.5 Å². The van der Waals surface area contributed by atoms with Crippen LogP contribution in [0.25, 0.3) is 0 Å². The number of nitrogens with zero attached hydrogens (tertiary/aromatic N) is 2. The smallest absolute Gasteiger partial charge is 0.345 e. The summed E-state index contributed by atoms with van der Waals surface area (Å²) in [5.41, 5.74) is 3.82. The van der Waals surface area contributed by atoms with E-state index in [1.165, 1.54) is 29.2 Å². The van der Waals surface area contributed by atoms with Crippen molar-refractivity contribution in [2.45, 2.75) is 11.8 Å². The second kappa shape index (κ2) is 7.87. The van der Waals surface area contributed by atoms with Crippen LogP contribution in [0, 0.1) is 22.0 Å². The van der Waals surface area contributed by atoms with Crippen molar-refractivity contribution < 1.29 is 24.0 Å². The van der Waals surface area contributed by atoms with E-state index in [-0.39, 0.29) is 48.1 Å². The molecule has 0 N–H and O–H groups in total. The largest absolute Gasteiger partial charge is 0.460 e. The summed E-state index contributed by atoms with van der Waals surface area (Å²) in [6, 6.07) is 21.5. The molecule has 7 rings (SSSR count). The Labute approximate surface area is 200 Å². The topological polar surface area (TPSA) is 107 Å². The number of para-hydroxylation sites is 1. The zero-order valence-corrected chi connectivity index (χ0v) is 18.5. The van der Waals surface area contributed by atoms with E-state index in [0.29, 0.717) is 0 Å². The number of esters is 1. The molecule has 0 aromatic heterocycles. The first-order valence-corrected chi connectivity index (χ1v) is 11.4. The van der Waals surface area contributed by atoms with Gasteiger partial charge in [0.2, 0.25) is 11.8 Å². The summed E-state index contributed by atoms with van der Waals surface area (Å²) in [4.78, 5) is 51.2. The molecule has 3 aromatic carbocycles. The number of ether oxygens (including phenoxy) is 1. The second-order valence-electron chi connectivity index (χ2n) is 9.00. The van der Waals surface area contributed by atoms with Gasteiger partial charge in [-0.25, -0.2) is 4.79 Å². The molecule has 8 nitrogen and oxygen atoms in total. The van der Waals surface area contributed by atoms with E-state index >= 15 is 0 Å². The average molecular weight is 468 g/mol. The minimum Gasteiger partial charge on any atom is -0.460 e. The molecule has 1 heterocycles. The summed E-state index contributed by atoms with van der Waals surface area (Å²) in [6.45, 7) is -0.333. The number of carbonyl (C=O) groups is 3. The number of benzene rings is 3. The first-order valence-electron chi connectivity index (χ1n) is 11.4. The molecule has 8 heteroatoms. The van der Waals surface area contributed by atoms with E-state index in [4.69, 9.17) is 4.74 Å². The van der Waals surface area contributed by atoms with Gasteiger partial charge < -0.3 is 4.74 Å². The maximum atomic E-state index is 13.5. The number of amides is 2. The minimum atomic E-state index is -0.867. The van der Waals surface area contributed by atoms with Crippen molar-refractivity contribution in [1.82, 2.24) is 4.90 Å². The van der Waals surface area contributed by atoms with Crippen molar-refractivity contribution in [3.8, 4) is 0 Å². The van der Waals surface area contributed by atoms with Crippen LogP contribution in [-0.4, -0.2) is 40.8 Å². The average Bonchev–Trinajstić information content (AvgIpc) is 3.14. The first-order chi connectivity index (χ1) is 17.0. The highest BCUT2D eigenvalue weighted by atomic mass is 16.6. The molecular formula is C27H20N2O6. The van der Waals surface area contributed by atoms with Gasteiger partial charge in [0.25, 0.3) is 5.69 Å². The fourth-order valence-corrected chi connectivity index (χ4v) is 6.07. The van der Waals surface area contributed by atoms with Gasteiger partial charge in [0.15, 0.2) is 0 Å². The molecule has 35 heavy (non-hydrogen) atoms. The van der Waals surface area contributed by atoms with Gasteiger partial charge in [0.1, 0.15) is 12.2 Å². The van der Waals surface area contributed by atoms with E-state index in [9.17, 15) is 24.5 Å². The maximum absolute atomic E-state index is 13.5. The molecule has 4 aliphatic rings. The van der Waals surface area contributed by atoms with Crippen molar-refractivity contribution in [1.29, 1.82) is 0 Å². The molecule has 2 atom stereocenters. The Morgan fingerprint density at radius 2 is 1.26 bits per heavy atom. The lowest BCUT2D eigenvalue weighted by Crippen LogP contribution is -2.41. The van der Waals surface area contributed by atoms with Gasteiger partial charge in [0.05, 0.1) is 23.3 Å². The zero-order chi connectivity index (χ0) is 24.3. The van der Waals surface area contributed by atoms with Crippen LogP contribution in [0.4, 0.5) is 5.69 Å². The lowest BCUT2D eigenvalue weighted by molar-refractivity contribution is -0.385. The molecule has 0 radical (unpaired) electrons. The van der Waals surface area contributed by atoms with Gasteiger partial charge >= 0.3 is 5.97 Å². The third-order valence-corrected chi connectivity index (χ3v) is 7.41. The number of imide groups is 1. The monoisotopic (exact) mass is 468 g/mol. The fraction of sp³-hybridized carbons (Fsp3) is 0.222. The number of carbonyl (C=O) groups excluding carboxylic acids is 3. The second-order valence-corrected chi connectivity index (χ2v) is 9.00. The van der Waals surface area contributed by atoms with E-state index in [0.717, 1.165) is 22.3 Å². The number of nitro groups is 1. The standard InChI is InChI=1S/C27H20N2O6/c30-25-23-21-15-7-1-2-8-16(15)22(18-10-4-3-9-17(18)21)24(23)26(31)28(25)13-14-35-27(32)19-11-5-6-12-20(19)29(33)34/h1-12,21-24H,13-14H2/t21?,22?,23-,24-/m0/s1. The number of hydrogen-bond acceptors (Lipinski definition) is 6. The molecule has 0 saturated carbocycles. The normalized spacial score (nSPS) is 23.5. The van der Waals surface area contributed by atoms with E-state index < -0.39 is 22.7 Å². The molecule has 2 bridgehead atoms. The molecule has 1 aliphatic heterocycles. The van der Waals surface area contributed by atoms with Crippen molar-refractivity contribution in [3.05, 3.63) is 111 Å². The Kier molecular flexibility index (Phi) is 4.77. The quantitative estimate of drug-likeness (QED) is 0.245. The Balaban J connectivity index is 1.25. The van der Waals surface area contributed by atoms with E-state index in [1.54, 1.807) is 0 Å². The summed E-state index contributed by atoms with van der Waals surface area (Å²) in [5, 5.41) is 11.2. The van der Waals surface area contributed by atoms with Crippen molar-refractivity contribution in [2.24, 2.45) is 11.8 Å². The van der Waals surface area contributed by atoms with E-state index in [1.807, 2.05) is 48.5 Å². The molecule has 1 saturated heterocycles. The summed E-state index contributed by atoms with van der Waals surface area (Å²) in [6.07, 6.45) is 0. The Morgan fingerprint density at radius 1 is 0.800 bits per heavy atom. The van der Waals surface area contributed by atoms with Crippen LogP contribution in [0.1, 0.15) is 44.4 Å². The third-order valence-electron chi connectivity index (χ3n) is 7.41. The summed E-state index contributed by atoms with van der Waals surface area (Å²) < 4.78 is 5.23. The van der Waals surface area contributed by atoms with Gasteiger partial charge in [-0.2, -0.15) is 0 Å². The summed E-state index contributed by atoms with van der Waals surface area (Å²) >= 11 is 0. The maximum Gasteiger partial charge on any atom is 0.345 e. The van der Waals surface area contributed by atoms with Crippen LogP contribution >= 0.6 is 0 Å². The van der Waals surface area contributed by atoms with Crippen molar-refractivity contribution in [2.75, 3.05) is 13.2 Å². The summed E-state index contributed by atoms with van der Waals surface area (Å²) in [7, 11) is 0.